The van der Waals surface area contributed by atoms with Crippen LogP contribution in [0.5, 0.6) is 0 Å². The molecule has 0 aliphatic carbocycles. The van der Waals surface area contributed by atoms with Crippen LogP contribution < -0.4 is 5.32 Å². The molecule has 0 spiro atoms. The van der Waals surface area contributed by atoms with Crippen LogP contribution in [0.2, 0.25) is 0 Å². The van der Waals surface area contributed by atoms with E-state index in [1.807, 2.05) is 0 Å². The normalized spacial score (nSPS) is 13.4. The van der Waals surface area contributed by atoms with Gasteiger partial charge in [0, 0.05) is 19.4 Å². The lowest BCUT2D eigenvalue weighted by Gasteiger charge is -2.15. The highest BCUT2D eigenvalue weighted by Gasteiger charge is 2.23. The van der Waals surface area contributed by atoms with E-state index >= 15 is 0 Å². The first-order valence-corrected chi connectivity index (χ1v) is 22.7. The molecule has 0 aromatic heterocycles. The number of esters is 1. The zero-order valence-corrected chi connectivity index (χ0v) is 34.0. The van der Waals surface area contributed by atoms with Gasteiger partial charge in [-0.1, -0.05) is 174 Å². The minimum atomic E-state index is -4.41. The Labute approximate surface area is 313 Å². The van der Waals surface area contributed by atoms with E-state index in [1.165, 1.54) is 116 Å². The Morgan fingerprint density at radius 3 is 1.55 bits per heavy atom. The number of nitrogens with one attached hydrogen (secondary N) is 1. The van der Waals surface area contributed by atoms with E-state index in [0.29, 0.717) is 6.42 Å². The summed E-state index contributed by atoms with van der Waals surface area (Å²) in [6.07, 6.45) is 38.7. The summed E-state index contributed by atoms with van der Waals surface area (Å²) in [5, 5.41) is 12.6. The summed E-state index contributed by atoms with van der Waals surface area (Å²) in [5.74, 6) is -0.520. The second-order valence-electron chi connectivity index (χ2n) is 14.3. The first-order valence-electron chi connectivity index (χ1n) is 21.2. The van der Waals surface area contributed by atoms with Crippen LogP contribution in [0.15, 0.2) is 12.2 Å². The first kappa shape index (κ1) is 49.8. The highest BCUT2D eigenvalue weighted by Crippen LogP contribution is 2.42. The summed E-state index contributed by atoms with van der Waals surface area (Å²) < 4.78 is 26.8. The van der Waals surface area contributed by atoms with Gasteiger partial charge in [-0.2, -0.15) is 0 Å². The topological polar surface area (TPSA) is 131 Å². The molecule has 2 unspecified atom stereocenters. The molecule has 0 rings (SSSR count). The Morgan fingerprint density at radius 1 is 0.588 bits per heavy atom. The molecule has 0 heterocycles. The Morgan fingerprint density at radius 2 is 1.04 bits per heavy atom. The fourth-order valence-corrected chi connectivity index (χ4v) is 6.73. The smallest absolute Gasteiger partial charge is 0.463 e. The number of aliphatic hydroxyl groups is 1. The molecule has 9 nitrogen and oxygen atoms in total. The van der Waals surface area contributed by atoms with Gasteiger partial charge in [0.2, 0.25) is 5.91 Å². The molecule has 0 aliphatic rings. The fourth-order valence-electron chi connectivity index (χ4n) is 5.97. The van der Waals surface area contributed by atoms with Gasteiger partial charge in [-0.3, -0.25) is 18.6 Å². The molecule has 0 saturated heterocycles. The van der Waals surface area contributed by atoms with Crippen LogP contribution in [0.3, 0.4) is 0 Å². The van der Waals surface area contributed by atoms with Crippen LogP contribution in [-0.4, -0.2) is 54.3 Å². The number of carbonyl (C=O) groups is 2. The summed E-state index contributed by atoms with van der Waals surface area (Å²) in [6, 6.07) is 0. The van der Waals surface area contributed by atoms with Gasteiger partial charge in [0.25, 0.3) is 0 Å². The lowest BCUT2D eigenvalue weighted by Crippen LogP contribution is -2.27. The second kappa shape index (κ2) is 38.5. The molecule has 10 heteroatoms. The molecule has 302 valence electrons. The number of ether oxygens (including phenoxy) is 1. The number of phosphoric acid groups is 1. The molecule has 51 heavy (non-hydrogen) atoms. The van der Waals surface area contributed by atoms with E-state index in [1.54, 1.807) is 0 Å². The van der Waals surface area contributed by atoms with Crippen molar-refractivity contribution in [3.05, 3.63) is 12.2 Å². The summed E-state index contributed by atoms with van der Waals surface area (Å²) in [4.78, 5) is 33.8. The van der Waals surface area contributed by atoms with Crippen molar-refractivity contribution in [2.45, 2.75) is 213 Å². The van der Waals surface area contributed by atoms with Crippen molar-refractivity contribution in [2.75, 3.05) is 26.4 Å². The summed E-state index contributed by atoms with van der Waals surface area (Å²) in [7, 11) is -4.41. The Hall–Kier alpha value is -1.25. The van der Waals surface area contributed by atoms with Crippen molar-refractivity contribution < 1.29 is 37.9 Å². The molecule has 2 atom stereocenters. The third kappa shape index (κ3) is 39.8. The van der Waals surface area contributed by atoms with Crippen LogP contribution in [0, 0.1) is 0 Å². The number of allylic oxidation sites excluding steroid dienone is 2. The molecular weight excluding hydrogens is 665 g/mol. The summed E-state index contributed by atoms with van der Waals surface area (Å²) >= 11 is 0. The minimum absolute atomic E-state index is 0.0854. The predicted molar refractivity (Wildman–Crippen MR) is 211 cm³/mol. The number of unbranched alkanes of at least 4 members (excludes halogenated alkanes) is 25. The predicted octanol–water partition coefficient (Wildman–Crippen LogP) is 11.4. The first-order chi connectivity index (χ1) is 24.8. The highest BCUT2D eigenvalue weighted by molar-refractivity contribution is 7.47. The Bertz CT molecular complexity index is 856. The molecule has 0 bridgehead atoms. The Balaban J connectivity index is 3.53. The van der Waals surface area contributed by atoms with Gasteiger partial charge in [-0.15, -0.1) is 0 Å². The van der Waals surface area contributed by atoms with Crippen LogP contribution in [-0.2, 0) is 27.9 Å². The third-order valence-corrected chi connectivity index (χ3v) is 10.2. The number of hydrogen-bond donors (Lipinski definition) is 3. The van der Waals surface area contributed by atoms with E-state index in [2.05, 4.69) is 31.3 Å². The average molecular weight is 746 g/mol. The number of aliphatic hydroxyl groups excluding tert-OH is 1. The minimum Gasteiger partial charge on any atom is -0.463 e. The maximum Gasteiger partial charge on any atom is 0.472 e. The SMILES string of the molecule is CCC/C=C\CCCCCCCC(=O)OCC(O)COP(=O)(O)OCCNC(=O)CCCCCCCCCCCCCCCCCCCCCC. The van der Waals surface area contributed by atoms with Crippen molar-refractivity contribution >= 4 is 19.7 Å². The van der Waals surface area contributed by atoms with Crippen LogP contribution in [0.1, 0.15) is 206 Å². The number of amides is 1. The van der Waals surface area contributed by atoms with Gasteiger partial charge in [0.05, 0.1) is 13.2 Å². The quantitative estimate of drug-likeness (QED) is 0.0244. The van der Waals surface area contributed by atoms with Gasteiger partial charge in [-0.05, 0) is 32.1 Å². The van der Waals surface area contributed by atoms with Crippen molar-refractivity contribution in [2.24, 2.45) is 0 Å². The van der Waals surface area contributed by atoms with Gasteiger partial charge >= 0.3 is 13.8 Å². The zero-order valence-electron chi connectivity index (χ0n) is 33.1. The van der Waals surface area contributed by atoms with Gasteiger partial charge < -0.3 is 20.1 Å². The molecule has 0 fully saturated rings. The maximum atomic E-state index is 12.1. The summed E-state index contributed by atoms with van der Waals surface area (Å²) in [5.41, 5.74) is 0. The van der Waals surface area contributed by atoms with E-state index in [-0.39, 0.29) is 32.1 Å². The van der Waals surface area contributed by atoms with Gasteiger partial charge in [0.15, 0.2) is 0 Å². The summed E-state index contributed by atoms with van der Waals surface area (Å²) in [6.45, 7) is 3.50. The van der Waals surface area contributed by atoms with E-state index in [9.17, 15) is 24.2 Å². The lowest BCUT2D eigenvalue weighted by atomic mass is 10.0. The molecule has 0 radical (unpaired) electrons. The maximum absolute atomic E-state index is 12.1. The number of phosphoric ester groups is 1. The fraction of sp³-hybridized carbons (Fsp3) is 0.902. The number of rotatable bonds is 40. The van der Waals surface area contributed by atoms with E-state index < -0.39 is 26.5 Å². The highest BCUT2D eigenvalue weighted by atomic mass is 31.2. The van der Waals surface area contributed by atoms with Crippen molar-refractivity contribution in [1.82, 2.24) is 5.32 Å². The average Bonchev–Trinajstić information content (AvgIpc) is 3.11. The van der Waals surface area contributed by atoms with Gasteiger partial charge in [-0.25, -0.2) is 4.57 Å². The molecule has 0 aliphatic heterocycles. The van der Waals surface area contributed by atoms with Crippen molar-refractivity contribution in [3.8, 4) is 0 Å². The second-order valence-corrected chi connectivity index (χ2v) is 15.8. The molecule has 1 amide bonds. The van der Waals surface area contributed by atoms with Crippen LogP contribution in [0.4, 0.5) is 0 Å². The standard InChI is InChI=1S/C41H80NO8P/c1-3-5-7-9-11-13-15-16-17-18-19-20-21-22-23-24-25-27-29-31-33-40(44)42-35-36-49-51(46,47)50-38-39(43)37-48-41(45)34-32-30-28-26-14-12-10-8-6-4-2/h8,10,39,43H,3-7,9,11-38H2,1-2H3,(H,42,44)(H,46,47)/b10-8-. The van der Waals surface area contributed by atoms with Gasteiger partial charge in [0.1, 0.15) is 12.7 Å². The number of hydrogen-bond acceptors (Lipinski definition) is 7. The van der Waals surface area contributed by atoms with Crippen molar-refractivity contribution in [3.63, 3.8) is 0 Å². The largest absolute Gasteiger partial charge is 0.472 e. The molecule has 3 N–H and O–H groups in total. The molecular formula is C41H80NO8P. The van der Waals surface area contributed by atoms with E-state index in [0.717, 1.165) is 64.2 Å². The molecule has 0 aromatic carbocycles. The Kier molecular flexibility index (Phi) is 37.5. The molecule has 0 aromatic rings. The third-order valence-electron chi connectivity index (χ3n) is 9.18. The van der Waals surface area contributed by atoms with E-state index in [4.69, 9.17) is 13.8 Å². The van der Waals surface area contributed by atoms with Crippen LogP contribution >= 0.6 is 7.82 Å². The van der Waals surface area contributed by atoms with Crippen molar-refractivity contribution in [1.29, 1.82) is 0 Å². The number of carbonyl (C=O) groups excluding carboxylic acids is 2. The molecule has 0 saturated carbocycles. The lowest BCUT2D eigenvalue weighted by molar-refractivity contribution is -0.147. The van der Waals surface area contributed by atoms with Crippen LogP contribution in [0.25, 0.3) is 0 Å². The zero-order chi connectivity index (χ0) is 37.5. The monoisotopic (exact) mass is 746 g/mol.